The SMILES string of the molecule is CCNCc1cc(C)ccc1OCCOCC(C)C. The predicted molar refractivity (Wildman–Crippen MR) is 79.7 cm³/mol. The standard InChI is InChI=1S/C16H27NO2/c1-5-17-11-15-10-14(4)6-7-16(15)19-9-8-18-12-13(2)3/h6-7,10,13,17H,5,8-9,11-12H2,1-4H3. The lowest BCUT2D eigenvalue weighted by Crippen LogP contribution is -2.15. The summed E-state index contributed by atoms with van der Waals surface area (Å²) in [5.74, 6) is 1.53. The number of aryl methyl sites for hydroxylation is 1. The molecule has 0 atom stereocenters. The van der Waals surface area contributed by atoms with E-state index in [-0.39, 0.29) is 0 Å². The van der Waals surface area contributed by atoms with Crippen LogP contribution in [0.2, 0.25) is 0 Å². The van der Waals surface area contributed by atoms with Gasteiger partial charge < -0.3 is 14.8 Å². The lowest BCUT2D eigenvalue weighted by atomic mass is 10.1. The molecule has 0 aliphatic rings. The van der Waals surface area contributed by atoms with E-state index in [1.807, 2.05) is 6.07 Å². The Labute approximate surface area is 117 Å². The molecule has 0 aliphatic carbocycles. The average Bonchev–Trinajstić information content (AvgIpc) is 2.37. The van der Waals surface area contributed by atoms with Crippen molar-refractivity contribution in [3.05, 3.63) is 29.3 Å². The Hall–Kier alpha value is -1.06. The summed E-state index contributed by atoms with van der Waals surface area (Å²) in [7, 11) is 0. The van der Waals surface area contributed by atoms with Gasteiger partial charge in [-0.3, -0.25) is 0 Å². The van der Waals surface area contributed by atoms with Crippen LogP contribution in [0.5, 0.6) is 5.75 Å². The number of benzene rings is 1. The first-order valence-corrected chi connectivity index (χ1v) is 7.14. The third kappa shape index (κ3) is 6.60. The van der Waals surface area contributed by atoms with Crippen LogP contribution in [-0.4, -0.2) is 26.4 Å². The third-order valence-corrected chi connectivity index (χ3v) is 2.72. The number of ether oxygens (including phenoxy) is 2. The average molecular weight is 265 g/mol. The molecule has 0 bridgehead atoms. The molecule has 3 heteroatoms. The van der Waals surface area contributed by atoms with Gasteiger partial charge in [0.05, 0.1) is 6.61 Å². The van der Waals surface area contributed by atoms with Crippen LogP contribution < -0.4 is 10.1 Å². The second-order valence-electron chi connectivity index (χ2n) is 5.21. The molecule has 0 aromatic heterocycles. The highest BCUT2D eigenvalue weighted by Crippen LogP contribution is 2.19. The number of hydrogen-bond acceptors (Lipinski definition) is 3. The zero-order valence-electron chi connectivity index (χ0n) is 12.7. The zero-order chi connectivity index (χ0) is 14.1. The van der Waals surface area contributed by atoms with Crippen molar-refractivity contribution in [2.45, 2.75) is 34.2 Å². The smallest absolute Gasteiger partial charge is 0.123 e. The highest BCUT2D eigenvalue weighted by atomic mass is 16.5. The molecule has 0 saturated heterocycles. The van der Waals surface area contributed by atoms with Crippen LogP contribution in [0.3, 0.4) is 0 Å². The Morgan fingerprint density at radius 3 is 2.68 bits per heavy atom. The maximum atomic E-state index is 5.81. The summed E-state index contributed by atoms with van der Waals surface area (Å²) in [6, 6.07) is 6.30. The van der Waals surface area contributed by atoms with Gasteiger partial charge >= 0.3 is 0 Å². The fourth-order valence-electron chi connectivity index (χ4n) is 1.78. The van der Waals surface area contributed by atoms with Crippen molar-refractivity contribution >= 4 is 0 Å². The lowest BCUT2D eigenvalue weighted by molar-refractivity contribution is 0.0816. The van der Waals surface area contributed by atoms with Gasteiger partial charge in [-0.05, 0) is 25.5 Å². The molecule has 0 heterocycles. The van der Waals surface area contributed by atoms with Crippen molar-refractivity contribution < 1.29 is 9.47 Å². The van der Waals surface area contributed by atoms with Crippen molar-refractivity contribution in [3.63, 3.8) is 0 Å². The molecule has 1 rings (SSSR count). The van der Waals surface area contributed by atoms with Crippen molar-refractivity contribution in [2.75, 3.05) is 26.4 Å². The molecule has 0 amide bonds. The molecule has 0 spiro atoms. The Balaban J connectivity index is 2.43. The van der Waals surface area contributed by atoms with Gasteiger partial charge in [-0.15, -0.1) is 0 Å². The highest BCUT2D eigenvalue weighted by molar-refractivity contribution is 5.36. The topological polar surface area (TPSA) is 30.5 Å². The molecule has 0 radical (unpaired) electrons. The van der Waals surface area contributed by atoms with E-state index < -0.39 is 0 Å². The normalized spacial score (nSPS) is 11.0. The van der Waals surface area contributed by atoms with E-state index >= 15 is 0 Å². The van der Waals surface area contributed by atoms with Crippen LogP contribution in [-0.2, 0) is 11.3 Å². The van der Waals surface area contributed by atoms with Crippen LogP contribution >= 0.6 is 0 Å². The number of nitrogens with one attached hydrogen (secondary N) is 1. The summed E-state index contributed by atoms with van der Waals surface area (Å²) in [4.78, 5) is 0. The van der Waals surface area contributed by atoms with E-state index in [1.54, 1.807) is 0 Å². The minimum Gasteiger partial charge on any atom is -0.491 e. The van der Waals surface area contributed by atoms with Crippen molar-refractivity contribution in [3.8, 4) is 5.75 Å². The molecule has 19 heavy (non-hydrogen) atoms. The van der Waals surface area contributed by atoms with E-state index in [0.717, 1.165) is 25.4 Å². The van der Waals surface area contributed by atoms with Gasteiger partial charge in [0.2, 0.25) is 0 Å². The van der Waals surface area contributed by atoms with Gasteiger partial charge in [0.1, 0.15) is 12.4 Å². The van der Waals surface area contributed by atoms with E-state index in [2.05, 4.69) is 45.1 Å². The molecule has 0 unspecified atom stereocenters. The Bertz CT molecular complexity index is 364. The second kappa shape index (κ2) is 8.94. The van der Waals surface area contributed by atoms with E-state index in [4.69, 9.17) is 9.47 Å². The Kier molecular flexibility index (Phi) is 7.53. The molecular formula is C16H27NO2. The van der Waals surface area contributed by atoms with Gasteiger partial charge in [0, 0.05) is 18.7 Å². The van der Waals surface area contributed by atoms with Gasteiger partial charge in [-0.2, -0.15) is 0 Å². The van der Waals surface area contributed by atoms with E-state index in [9.17, 15) is 0 Å². The van der Waals surface area contributed by atoms with Gasteiger partial charge in [0.15, 0.2) is 0 Å². The summed E-state index contributed by atoms with van der Waals surface area (Å²) in [5, 5.41) is 3.34. The van der Waals surface area contributed by atoms with Crippen molar-refractivity contribution in [1.82, 2.24) is 5.32 Å². The minimum atomic E-state index is 0.573. The minimum absolute atomic E-state index is 0.573. The van der Waals surface area contributed by atoms with Crippen LogP contribution in [0.25, 0.3) is 0 Å². The molecule has 3 nitrogen and oxygen atoms in total. The first kappa shape index (κ1) is 16.0. The maximum absolute atomic E-state index is 5.81. The fraction of sp³-hybridized carbons (Fsp3) is 0.625. The lowest BCUT2D eigenvalue weighted by Gasteiger charge is -2.13. The van der Waals surface area contributed by atoms with Crippen LogP contribution in [0.1, 0.15) is 31.9 Å². The maximum Gasteiger partial charge on any atom is 0.123 e. The summed E-state index contributed by atoms with van der Waals surface area (Å²) in [5.41, 5.74) is 2.47. The molecule has 1 aromatic carbocycles. The molecular weight excluding hydrogens is 238 g/mol. The molecule has 108 valence electrons. The molecule has 0 aliphatic heterocycles. The molecule has 1 aromatic rings. The van der Waals surface area contributed by atoms with Gasteiger partial charge in [-0.25, -0.2) is 0 Å². The van der Waals surface area contributed by atoms with Crippen molar-refractivity contribution in [2.24, 2.45) is 5.92 Å². The quantitative estimate of drug-likeness (QED) is 0.696. The first-order valence-electron chi connectivity index (χ1n) is 7.14. The fourth-order valence-corrected chi connectivity index (χ4v) is 1.78. The van der Waals surface area contributed by atoms with Crippen molar-refractivity contribution in [1.29, 1.82) is 0 Å². The summed E-state index contributed by atoms with van der Waals surface area (Å²) in [6.45, 7) is 12.4. The number of rotatable bonds is 9. The third-order valence-electron chi connectivity index (χ3n) is 2.72. The molecule has 0 saturated carbocycles. The van der Waals surface area contributed by atoms with Crippen LogP contribution in [0.15, 0.2) is 18.2 Å². The van der Waals surface area contributed by atoms with E-state index in [0.29, 0.717) is 19.1 Å². The molecule has 0 fully saturated rings. The van der Waals surface area contributed by atoms with Crippen LogP contribution in [0.4, 0.5) is 0 Å². The summed E-state index contributed by atoms with van der Waals surface area (Å²) < 4.78 is 11.3. The highest BCUT2D eigenvalue weighted by Gasteiger charge is 2.04. The van der Waals surface area contributed by atoms with E-state index in [1.165, 1.54) is 11.1 Å². The van der Waals surface area contributed by atoms with Gasteiger partial charge in [-0.1, -0.05) is 38.5 Å². The monoisotopic (exact) mass is 265 g/mol. The second-order valence-corrected chi connectivity index (χ2v) is 5.21. The predicted octanol–water partition coefficient (Wildman–Crippen LogP) is 3.16. The van der Waals surface area contributed by atoms with Crippen LogP contribution in [0, 0.1) is 12.8 Å². The zero-order valence-corrected chi connectivity index (χ0v) is 12.7. The number of hydrogen-bond donors (Lipinski definition) is 1. The largest absolute Gasteiger partial charge is 0.491 e. The Morgan fingerprint density at radius 2 is 2.00 bits per heavy atom. The van der Waals surface area contributed by atoms with Gasteiger partial charge in [0.25, 0.3) is 0 Å². The summed E-state index contributed by atoms with van der Waals surface area (Å²) in [6.07, 6.45) is 0. The molecule has 1 N–H and O–H groups in total. The summed E-state index contributed by atoms with van der Waals surface area (Å²) >= 11 is 0. The first-order chi connectivity index (χ1) is 9.13. The Morgan fingerprint density at radius 1 is 1.21 bits per heavy atom.